The summed E-state index contributed by atoms with van der Waals surface area (Å²) in [5.74, 6) is 1.27. The summed E-state index contributed by atoms with van der Waals surface area (Å²) in [5.41, 5.74) is 2.53. The lowest BCUT2D eigenvalue weighted by Crippen LogP contribution is -2.48. The first-order chi connectivity index (χ1) is 12.2. The van der Waals surface area contributed by atoms with E-state index in [2.05, 4.69) is 4.98 Å². The van der Waals surface area contributed by atoms with Gasteiger partial charge in [0.25, 0.3) is 0 Å². The maximum absolute atomic E-state index is 12.6. The van der Waals surface area contributed by atoms with Crippen LogP contribution in [0.1, 0.15) is 44.6 Å². The van der Waals surface area contributed by atoms with Crippen molar-refractivity contribution in [2.24, 2.45) is 0 Å². The number of hydrogen-bond acceptors (Lipinski definition) is 4. The molecule has 1 saturated carbocycles. The predicted molar refractivity (Wildman–Crippen MR) is 95.7 cm³/mol. The van der Waals surface area contributed by atoms with E-state index in [1.165, 1.54) is 6.42 Å². The number of carbonyl (C=O) groups excluding carboxylic acids is 1. The van der Waals surface area contributed by atoms with Gasteiger partial charge in [0.2, 0.25) is 5.91 Å². The highest BCUT2D eigenvalue weighted by molar-refractivity contribution is 5.89. The van der Waals surface area contributed by atoms with Crippen LogP contribution in [0.4, 0.5) is 0 Å². The SMILES string of the molecule is CC(=O)N(C1CCCCC1)n1c(-c2ccco2)nc2c(C)ccnc21. The van der Waals surface area contributed by atoms with Gasteiger partial charge in [-0.1, -0.05) is 19.3 Å². The molecule has 6 heteroatoms. The zero-order valence-electron chi connectivity index (χ0n) is 14.6. The summed E-state index contributed by atoms with van der Waals surface area (Å²) in [6.07, 6.45) is 8.91. The fourth-order valence-electron chi connectivity index (χ4n) is 3.74. The molecule has 0 unspecified atom stereocenters. The second kappa shape index (κ2) is 6.35. The Morgan fingerprint density at radius 3 is 2.76 bits per heavy atom. The van der Waals surface area contributed by atoms with Crippen molar-refractivity contribution >= 4 is 17.1 Å². The molecule has 130 valence electrons. The Kier molecular flexibility index (Phi) is 4.03. The third kappa shape index (κ3) is 2.71. The van der Waals surface area contributed by atoms with Crippen molar-refractivity contribution in [2.75, 3.05) is 5.01 Å². The molecule has 0 bridgehead atoms. The highest BCUT2D eigenvalue weighted by Crippen LogP contribution is 2.29. The largest absolute Gasteiger partial charge is 0.461 e. The van der Waals surface area contributed by atoms with Crippen molar-refractivity contribution < 1.29 is 9.21 Å². The van der Waals surface area contributed by atoms with Crippen molar-refractivity contribution in [1.82, 2.24) is 14.6 Å². The van der Waals surface area contributed by atoms with Crippen LogP contribution in [0.25, 0.3) is 22.7 Å². The van der Waals surface area contributed by atoms with Crippen LogP contribution in [0.2, 0.25) is 0 Å². The first kappa shape index (κ1) is 15.9. The Balaban J connectivity index is 1.95. The van der Waals surface area contributed by atoms with E-state index < -0.39 is 0 Å². The van der Waals surface area contributed by atoms with Crippen LogP contribution < -0.4 is 5.01 Å². The Morgan fingerprint density at radius 1 is 1.28 bits per heavy atom. The predicted octanol–water partition coefficient (Wildman–Crippen LogP) is 3.82. The molecule has 1 aliphatic carbocycles. The highest BCUT2D eigenvalue weighted by Gasteiger charge is 2.30. The lowest BCUT2D eigenvalue weighted by atomic mass is 9.95. The van der Waals surface area contributed by atoms with Crippen LogP contribution in [0.3, 0.4) is 0 Å². The minimum atomic E-state index is 0.00214. The molecule has 0 atom stereocenters. The number of amides is 1. The minimum absolute atomic E-state index is 0.00214. The van der Waals surface area contributed by atoms with Gasteiger partial charge in [-0.05, 0) is 43.5 Å². The highest BCUT2D eigenvalue weighted by atomic mass is 16.3. The van der Waals surface area contributed by atoms with Gasteiger partial charge in [-0.15, -0.1) is 0 Å². The van der Waals surface area contributed by atoms with E-state index in [1.54, 1.807) is 19.4 Å². The number of rotatable bonds is 3. The molecule has 3 aromatic rings. The second-order valence-corrected chi connectivity index (χ2v) is 6.68. The molecule has 1 aliphatic rings. The molecule has 0 aliphatic heterocycles. The van der Waals surface area contributed by atoms with Gasteiger partial charge in [0.15, 0.2) is 17.2 Å². The summed E-state index contributed by atoms with van der Waals surface area (Å²) in [6, 6.07) is 5.80. The molecule has 0 radical (unpaired) electrons. The van der Waals surface area contributed by atoms with Crippen molar-refractivity contribution in [2.45, 2.75) is 52.0 Å². The first-order valence-electron chi connectivity index (χ1n) is 8.85. The molecule has 0 spiro atoms. The van der Waals surface area contributed by atoms with E-state index in [-0.39, 0.29) is 11.9 Å². The number of carbonyl (C=O) groups is 1. The molecular weight excluding hydrogens is 316 g/mol. The number of nitrogens with zero attached hydrogens (tertiary/aromatic N) is 4. The maximum atomic E-state index is 12.6. The Bertz CT molecular complexity index is 892. The van der Waals surface area contributed by atoms with Crippen LogP contribution in [0.15, 0.2) is 35.1 Å². The van der Waals surface area contributed by atoms with Gasteiger partial charge in [0.1, 0.15) is 5.52 Å². The van der Waals surface area contributed by atoms with Gasteiger partial charge in [-0.2, -0.15) is 0 Å². The normalized spacial score (nSPS) is 15.6. The van der Waals surface area contributed by atoms with E-state index in [0.29, 0.717) is 17.2 Å². The Labute approximate surface area is 146 Å². The molecule has 6 nitrogen and oxygen atoms in total. The number of aromatic nitrogens is 3. The molecule has 25 heavy (non-hydrogen) atoms. The number of aryl methyl sites for hydroxylation is 1. The average Bonchev–Trinajstić information content (AvgIpc) is 3.25. The maximum Gasteiger partial charge on any atom is 0.238 e. The molecule has 1 amide bonds. The number of imidazole rings is 1. The summed E-state index contributed by atoms with van der Waals surface area (Å²) in [7, 11) is 0. The molecule has 0 aromatic carbocycles. The van der Waals surface area contributed by atoms with Gasteiger partial charge in [-0.3, -0.25) is 4.79 Å². The summed E-state index contributed by atoms with van der Waals surface area (Å²) < 4.78 is 7.46. The summed E-state index contributed by atoms with van der Waals surface area (Å²) in [4.78, 5) is 21.9. The summed E-state index contributed by atoms with van der Waals surface area (Å²) in [6.45, 7) is 3.62. The molecule has 4 rings (SSSR count). The van der Waals surface area contributed by atoms with Gasteiger partial charge in [-0.25, -0.2) is 19.7 Å². The van der Waals surface area contributed by atoms with Gasteiger partial charge >= 0.3 is 0 Å². The van der Waals surface area contributed by atoms with Crippen LogP contribution >= 0.6 is 0 Å². The first-order valence-corrected chi connectivity index (χ1v) is 8.85. The van der Waals surface area contributed by atoms with Crippen LogP contribution in [-0.2, 0) is 4.79 Å². The standard InChI is InChI=1S/C19H22N4O2/c1-13-10-11-20-19-17(13)21-18(16-9-6-12-25-16)23(19)22(14(2)24)15-7-4-3-5-8-15/h6,9-12,15H,3-5,7-8H2,1-2H3. The summed E-state index contributed by atoms with van der Waals surface area (Å²) in [5, 5.41) is 1.83. The number of pyridine rings is 1. The van der Waals surface area contributed by atoms with Crippen molar-refractivity contribution in [3.05, 3.63) is 36.2 Å². The fourth-order valence-corrected chi connectivity index (χ4v) is 3.74. The van der Waals surface area contributed by atoms with Crippen LogP contribution in [0.5, 0.6) is 0 Å². The van der Waals surface area contributed by atoms with Crippen molar-refractivity contribution in [3.8, 4) is 11.6 Å². The van der Waals surface area contributed by atoms with E-state index in [4.69, 9.17) is 9.40 Å². The topological polar surface area (TPSA) is 64.2 Å². The molecule has 3 heterocycles. The molecular formula is C19H22N4O2. The Hall–Kier alpha value is -2.63. The van der Waals surface area contributed by atoms with Gasteiger partial charge in [0, 0.05) is 13.1 Å². The lowest BCUT2D eigenvalue weighted by Gasteiger charge is -2.34. The lowest BCUT2D eigenvalue weighted by molar-refractivity contribution is -0.118. The van der Waals surface area contributed by atoms with E-state index in [1.807, 2.05) is 34.8 Å². The summed E-state index contributed by atoms with van der Waals surface area (Å²) >= 11 is 0. The van der Waals surface area contributed by atoms with E-state index >= 15 is 0 Å². The Morgan fingerprint density at radius 2 is 2.08 bits per heavy atom. The van der Waals surface area contributed by atoms with Crippen LogP contribution in [-0.4, -0.2) is 26.6 Å². The van der Waals surface area contributed by atoms with Gasteiger partial charge in [0.05, 0.1) is 12.3 Å². The van der Waals surface area contributed by atoms with Crippen molar-refractivity contribution in [1.29, 1.82) is 0 Å². The van der Waals surface area contributed by atoms with E-state index in [9.17, 15) is 4.79 Å². The molecule has 3 aromatic heterocycles. The number of hydrogen-bond donors (Lipinski definition) is 0. The number of furan rings is 1. The molecule has 0 N–H and O–H groups in total. The zero-order valence-corrected chi connectivity index (χ0v) is 14.6. The second-order valence-electron chi connectivity index (χ2n) is 6.68. The number of fused-ring (bicyclic) bond motifs is 1. The van der Waals surface area contributed by atoms with Crippen molar-refractivity contribution in [3.63, 3.8) is 0 Å². The quantitative estimate of drug-likeness (QED) is 0.728. The smallest absolute Gasteiger partial charge is 0.238 e. The molecule has 0 saturated heterocycles. The van der Waals surface area contributed by atoms with Gasteiger partial charge < -0.3 is 4.42 Å². The average molecular weight is 338 g/mol. The zero-order chi connectivity index (χ0) is 17.4. The third-order valence-corrected chi connectivity index (χ3v) is 4.93. The monoisotopic (exact) mass is 338 g/mol. The third-order valence-electron chi connectivity index (χ3n) is 4.93. The fraction of sp³-hybridized carbons (Fsp3) is 0.421. The minimum Gasteiger partial charge on any atom is -0.461 e. The van der Waals surface area contributed by atoms with Crippen LogP contribution in [0, 0.1) is 6.92 Å². The van der Waals surface area contributed by atoms with E-state index in [0.717, 1.165) is 36.8 Å². The molecule has 1 fully saturated rings.